The molecule has 0 bridgehead atoms. The van der Waals surface area contributed by atoms with Crippen molar-refractivity contribution in [1.82, 2.24) is 0 Å². The predicted molar refractivity (Wildman–Crippen MR) is 55.1 cm³/mol. The second-order valence-corrected chi connectivity index (χ2v) is 5.22. The van der Waals surface area contributed by atoms with E-state index in [0.29, 0.717) is 0 Å². The summed E-state index contributed by atoms with van der Waals surface area (Å²) in [5.41, 5.74) is 0. The summed E-state index contributed by atoms with van der Waals surface area (Å²) >= 11 is 0. The van der Waals surface area contributed by atoms with Crippen LogP contribution < -0.4 is 0 Å². The number of phosphoric acid groups is 3. The summed E-state index contributed by atoms with van der Waals surface area (Å²) in [7, 11) is -14.7. The monoisotopic (exact) mass is 382 g/mol. The zero-order valence-corrected chi connectivity index (χ0v) is 10.2. The zero-order chi connectivity index (χ0) is 12.2. The molecule has 7 N–H and O–H groups in total. The average molecular weight is 382 g/mol. The fraction of sp³-hybridized carbons (Fsp3) is 0. The van der Waals surface area contributed by atoms with Crippen molar-refractivity contribution in [2.24, 2.45) is 0 Å². The molecule has 0 fully saturated rings. The summed E-state index contributed by atoms with van der Waals surface area (Å²) in [4.78, 5) is 52.6. The van der Waals surface area contributed by atoms with Crippen molar-refractivity contribution in [2.45, 2.75) is 0 Å². The van der Waals surface area contributed by atoms with Gasteiger partial charge in [0.2, 0.25) is 0 Å². The normalized spacial score (nSPS) is 10.8. The molecule has 0 aromatic rings. The van der Waals surface area contributed by atoms with Crippen LogP contribution in [0.1, 0.15) is 0 Å². The Balaban J connectivity index is -0.0000000533. The van der Waals surface area contributed by atoms with Crippen LogP contribution in [-0.4, -0.2) is 86.9 Å². The fourth-order valence-corrected chi connectivity index (χ4v) is 1.25. The topological polar surface area (TPSA) is 202 Å². The molecule has 0 rings (SSSR count). The van der Waals surface area contributed by atoms with Gasteiger partial charge in [-0.2, -0.15) is 4.31 Å². The van der Waals surface area contributed by atoms with Crippen LogP contribution in [0.25, 0.3) is 0 Å². The van der Waals surface area contributed by atoms with Gasteiger partial charge in [-0.15, -0.1) is 0 Å². The van der Waals surface area contributed by atoms with Gasteiger partial charge in [-0.3, -0.25) is 0 Å². The van der Waals surface area contributed by atoms with E-state index in [9.17, 15) is 9.13 Å². The number of hydrogen-bond donors (Lipinski definition) is 7. The Labute approximate surface area is 144 Å². The van der Waals surface area contributed by atoms with Gasteiger partial charge in [-0.25, -0.2) is 13.7 Å². The minimum atomic E-state index is -5.05. The van der Waals surface area contributed by atoms with Crippen molar-refractivity contribution in [1.29, 1.82) is 0 Å². The summed E-state index contributed by atoms with van der Waals surface area (Å²) in [5, 5.41) is 0. The molecule has 0 saturated carbocycles. The summed E-state index contributed by atoms with van der Waals surface area (Å²) in [6, 6.07) is 0. The van der Waals surface area contributed by atoms with Gasteiger partial charge in [0.1, 0.15) is 0 Å². The van der Waals surface area contributed by atoms with Crippen LogP contribution in [-0.2, 0) is 35.1 Å². The van der Waals surface area contributed by atoms with E-state index in [1.54, 1.807) is 0 Å². The molecular formula is H10FeMgNaO11P3. The van der Waals surface area contributed by atoms with Gasteiger partial charge < -0.3 is 34.3 Å². The van der Waals surface area contributed by atoms with Gasteiger partial charge in [0.25, 0.3) is 0 Å². The molecule has 0 atom stereocenters. The van der Waals surface area contributed by atoms with E-state index < -0.39 is 23.5 Å². The van der Waals surface area contributed by atoms with E-state index in [4.69, 9.17) is 38.8 Å². The van der Waals surface area contributed by atoms with Gasteiger partial charge in [0, 0.05) is 17.1 Å². The molecule has 0 heterocycles. The Bertz CT molecular complexity index is 270. The molecule has 102 valence electrons. The van der Waals surface area contributed by atoms with Crippen molar-refractivity contribution in [3.63, 3.8) is 0 Å². The van der Waals surface area contributed by atoms with Gasteiger partial charge in [-0.1, -0.05) is 0 Å². The third kappa shape index (κ3) is 69.1. The van der Waals surface area contributed by atoms with E-state index in [1.165, 1.54) is 0 Å². The van der Waals surface area contributed by atoms with Crippen LogP contribution >= 0.6 is 23.5 Å². The third-order valence-electron chi connectivity index (χ3n) is 0.213. The third-order valence-corrected chi connectivity index (χ3v) is 1.91. The van der Waals surface area contributed by atoms with Gasteiger partial charge >= 0.3 is 76.1 Å². The van der Waals surface area contributed by atoms with E-state index in [1.807, 2.05) is 0 Å². The fourth-order valence-electron chi connectivity index (χ4n) is 0.139. The standard InChI is InChI=1S/Fe.Mg.Na.H4O7P2.H3O4P.3H/c;;;1-8(2,3)7-9(4,5)6;1-5(2,3)4;;;/h;;;(H2,1,2,3)(H2,4,5,6);(H3,1,2,3,4);;;. The molecular weight excluding hydrogens is 372 g/mol. The molecule has 0 saturated heterocycles. The Hall–Kier alpha value is 2.66. The van der Waals surface area contributed by atoms with E-state index in [0.717, 1.165) is 0 Å². The molecule has 17 heavy (non-hydrogen) atoms. The van der Waals surface area contributed by atoms with Crippen LogP contribution in [0.15, 0.2) is 0 Å². The van der Waals surface area contributed by atoms with Crippen LogP contribution in [0.5, 0.6) is 0 Å². The minimum absolute atomic E-state index is 0. The van der Waals surface area contributed by atoms with Crippen molar-refractivity contribution in [2.75, 3.05) is 0 Å². The van der Waals surface area contributed by atoms with E-state index in [2.05, 4.69) is 4.31 Å². The van der Waals surface area contributed by atoms with Crippen molar-refractivity contribution >= 4 is 76.1 Å². The molecule has 0 unspecified atom stereocenters. The summed E-state index contributed by atoms with van der Waals surface area (Å²) in [6.07, 6.45) is 0. The Morgan fingerprint density at radius 3 is 0.824 bits per heavy atom. The number of hydrogen-bond acceptors (Lipinski definition) is 4. The summed E-state index contributed by atoms with van der Waals surface area (Å²) in [6.45, 7) is 0. The summed E-state index contributed by atoms with van der Waals surface area (Å²) in [5.74, 6) is 0. The first-order valence-corrected chi connectivity index (χ1v) is 6.94. The van der Waals surface area contributed by atoms with E-state index in [-0.39, 0.29) is 69.7 Å². The molecule has 0 aromatic heterocycles. The van der Waals surface area contributed by atoms with Crippen LogP contribution in [0.3, 0.4) is 0 Å². The maximum absolute atomic E-state index is 9.63. The van der Waals surface area contributed by atoms with Gasteiger partial charge in [0.05, 0.1) is 0 Å². The molecule has 0 spiro atoms. The predicted octanol–water partition coefficient (Wildman–Crippen LogP) is -3.31. The van der Waals surface area contributed by atoms with E-state index >= 15 is 0 Å². The Morgan fingerprint density at radius 2 is 0.824 bits per heavy atom. The second kappa shape index (κ2) is 12.4. The molecule has 0 amide bonds. The molecule has 17 heteroatoms. The quantitative estimate of drug-likeness (QED) is 0.186. The molecule has 0 radical (unpaired) electrons. The molecule has 0 aliphatic rings. The first-order valence-electron chi connectivity index (χ1n) is 2.31. The van der Waals surface area contributed by atoms with Crippen molar-refractivity contribution in [3.05, 3.63) is 0 Å². The summed E-state index contributed by atoms with van der Waals surface area (Å²) < 4.78 is 31.1. The SMILES string of the molecule is O=P(O)(O)O.O=P(O)(O)OP(=O)(O)O.[Fe].[MgH2].[NaH]. The first-order chi connectivity index (χ1) is 5.71. The van der Waals surface area contributed by atoms with Gasteiger partial charge in [0.15, 0.2) is 0 Å². The van der Waals surface area contributed by atoms with Crippen LogP contribution in [0.4, 0.5) is 0 Å². The second-order valence-electron chi connectivity index (χ2n) is 1.58. The van der Waals surface area contributed by atoms with Crippen LogP contribution in [0.2, 0.25) is 0 Å². The first kappa shape index (κ1) is 31.8. The molecule has 0 aliphatic heterocycles. The Morgan fingerprint density at radius 1 is 0.706 bits per heavy atom. The van der Waals surface area contributed by atoms with Gasteiger partial charge in [-0.05, 0) is 0 Å². The molecule has 0 aromatic carbocycles. The molecule has 11 nitrogen and oxygen atoms in total. The van der Waals surface area contributed by atoms with Crippen molar-refractivity contribution < 1.29 is 69.3 Å². The zero-order valence-electron chi connectivity index (χ0n) is 6.46. The maximum atomic E-state index is 9.63. The number of rotatable bonds is 2. The van der Waals surface area contributed by atoms with Crippen molar-refractivity contribution in [3.8, 4) is 0 Å². The van der Waals surface area contributed by atoms with Crippen LogP contribution in [0, 0.1) is 0 Å². The Kier molecular flexibility index (Phi) is 23.2. The molecule has 0 aliphatic carbocycles. The average Bonchev–Trinajstić information content (AvgIpc) is 1.42.